The Kier molecular flexibility index (Phi) is 2.36. The summed E-state index contributed by atoms with van der Waals surface area (Å²) in [6.45, 7) is 1.26. The summed E-state index contributed by atoms with van der Waals surface area (Å²) in [5.74, 6) is 0.865. The lowest BCUT2D eigenvalue weighted by atomic mass is 9.96. The van der Waals surface area contributed by atoms with E-state index in [0.717, 1.165) is 12.0 Å². The average Bonchev–Trinajstić information content (AvgIpc) is 2.80. The van der Waals surface area contributed by atoms with Gasteiger partial charge in [0, 0.05) is 6.04 Å². The summed E-state index contributed by atoms with van der Waals surface area (Å²) in [5.41, 5.74) is 0.274. The Labute approximate surface area is 78.6 Å². The molecule has 2 fully saturated rings. The fourth-order valence-corrected chi connectivity index (χ4v) is 2.41. The SMILES string of the molecule is CSCOC1([C@@H]2CCN2C)CC1. The number of ether oxygens (including phenoxy) is 1. The normalized spacial score (nSPS) is 33.0. The molecule has 0 bridgehead atoms. The molecule has 2 aliphatic rings. The molecule has 0 aromatic rings. The number of nitrogens with zero attached hydrogens (tertiary/aromatic N) is 1. The topological polar surface area (TPSA) is 12.5 Å². The van der Waals surface area contributed by atoms with Crippen molar-refractivity contribution in [1.82, 2.24) is 4.90 Å². The van der Waals surface area contributed by atoms with Crippen LogP contribution >= 0.6 is 11.8 Å². The van der Waals surface area contributed by atoms with Gasteiger partial charge in [-0.15, -0.1) is 11.8 Å². The molecule has 1 saturated heterocycles. The summed E-state index contributed by atoms with van der Waals surface area (Å²) in [6, 6.07) is 0.727. The summed E-state index contributed by atoms with van der Waals surface area (Å²) in [6.07, 6.45) is 6.00. The Balaban J connectivity index is 1.84. The van der Waals surface area contributed by atoms with Gasteiger partial charge < -0.3 is 9.64 Å². The van der Waals surface area contributed by atoms with E-state index in [0.29, 0.717) is 0 Å². The second kappa shape index (κ2) is 3.20. The maximum Gasteiger partial charge on any atom is 0.0926 e. The lowest BCUT2D eigenvalue weighted by Gasteiger charge is -2.43. The van der Waals surface area contributed by atoms with Crippen molar-refractivity contribution in [2.24, 2.45) is 0 Å². The van der Waals surface area contributed by atoms with Crippen LogP contribution in [0.15, 0.2) is 0 Å². The number of likely N-dealkylation sites (tertiary alicyclic amines) is 1. The molecule has 1 aliphatic heterocycles. The Bertz CT molecular complexity index is 170. The zero-order valence-electron chi connectivity index (χ0n) is 7.88. The van der Waals surface area contributed by atoms with E-state index in [-0.39, 0.29) is 5.60 Å². The highest BCUT2D eigenvalue weighted by Crippen LogP contribution is 2.48. The average molecular weight is 187 g/mol. The molecule has 0 aromatic carbocycles. The predicted molar refractivity (Wildman–Crippen MR) is 52.5 cm³/mol. The van der Waals surface area contributed by atoms with Crippen LogP contribution < -0.4 is 0 Å². The minimum atomic E-state index is 0.274. The first-order valence-corrected chi connectivity index (χ1v) is 6.01. The summed E-state index contributed by atoms with van der Waals surface area (Å²) in [5, 5.41) is 0. The molecule has 0 amide bonds. The van der Waals surface area contributed by atoms with Gasteiger partial charge in [-0.1, -0.05) is 0 Å². The van der Waals surface area contributed by atoms with Gasteiger partial charge >= 0.3 is 0 Å². The molecule has 1 atom stereocenters. The molecule has 12 heavy (non-hydrogen) atoms. The van der Waals surface area contributed by atoms with Crippen molar-refractivity contribution >= 4 is 11.8 Å². The lowest BCUT2D eigenvalue weighted by molar-refractivity contribution is -0.0476. The molecule has 2 rings (SSSR count). The van der Waals surface area contributed by atoms with Crippen LogP contribution in [-0.2, 0) is 4.74 Å². The van der Waals surface area contributed by atoms with Crippen LogP contribution in [0.5, 0.6) is 0 Å². The van der Waals surface area contributed by atoms with Crippen LogP contribution in [0.1, 0.15) is 19.3 Å². The number of likely N-dealkylation sites (N-methyl/N-ethyl adjacent to an activating group) is 1. The van der Waals surface area contributed by atoms with Gasteiger partial charge in [0.25, 0.3) is 0 Å². The third-order valence-electron chi connectivity index (χ3n) is 3.10. The molecule has 0 unspecified atom stereocenters. The summed E-state index contributed by atoms with van der Waals surface area (Å²) in [4.78, 5) is 2.42. The number of hydrogen-bond donors (Lipinski definition) is 0. The molecule has 0 aromatic heterocycles. The first-order valence-electron chi connectivity index (χ1n) is 4.62. The van der Waals surface area contributed by atoms with E-state index >= 15 is 0 Å². The van der Waals surface area contributed by atoms with Gasteiger partial charge in [-0.05, 0) is 39.1 Å². The highest BCUT2D eigenvalue weighted by molar-refractivity contribution is 7.98. The van der Waals surface area contributed by atoms with Crippen molar-refractivity contribution in [1.29, 1.82) is 0 Å². The van der Waals surface area contributed by atoms with Crippen molar-refractivity contribution in [3.8, 4) is 0 Å². The zero-order valence-corrected chi connectivity index (χ0v) is 8.69. The van der Waals surface area contributed by atoms with Crippen molar-refractivity contribution in [3.63, 3.8) is 0 Å². The highest BCUT2D eigenvalue weighted by Gasteiger charge is 2.54. The molecular weight excluding hydrogens is 170 g/mol. The molecule has 0 N–H and O–H groups in total. The molecule has 0 spiro atoms. The summed E-state index contributed by atoms with van der Waals surface area (Å²) < 4.78 is 5.89. The first-order chi connectivity index (χ1) is 5.78. The van der Waals surface area contributed by atoms with Crippen molar-refractivity contribution in [3.05, 3.63) is 0 Å². The Morgan fingerprint density at radius 1 is 1.58 bits per heavy atom. The predicted octanol–water partition coefficient (Wildman–Crippen LogP) is 1.56. The van der Waals surface area contributed by atoms with Gasteiger partial charge in [-0.25, -0.2) is 0 Å². The Hall–Kier alpha value is 0.270. The standard InChI is InChI=1S/C9H17NOS/c1-10-6-3-8(10)9(4-5-9)11-7-12-2/h8H,3-7H2,1-2H3/t8-/m0/s1. The minimum absolute atomic E-state index is 0.274. The van der Waals surface area contributed by atoms with Crippen LogP contribution in [0.25, 0.3) is 0 Å². The van der Waals surface area contributed by atoms with Gasteiger partial charge in [0.2, 0.25) is 0 Å². The van der Waals surface area contributed by atoms with Crippen LogP contribution in [0.4, 0.5) is 0 Å². The molecule has 1 aliphatic carbocycles. The smallest absolute Gasteiger partial charge is 0.0926 e. The molecule has 2 nitrogen and oxygen atoms in total. The van der Waals surface area contributed by atoms with Gasteiger partial charge in [0.05, 0.1) is 11.5 Å². The molecule has 1 heterocycles. The van der Waals surface area contributed by atoms with E-state index in [4.69, 9.17) is 4.74 Å². The van der Waals surface area contributed by atoms with Crippen molar-refractivity contribution in [2.45, 2.75) is 30.9 Å². The van der Waals surface area contributed by atoms with Crippen molar-refractivity contribution < 1.29 is 4.74 Å². The largest absolute Gasteiger partial charge is 0.363 e. The monoisotopic (exact) mass is 187 g/mol. The Morgan fingerprint density at radius 3 is 2.67 bits per heavy atom. The number of hydrogen-bond acceptors (Lipinski definition) is 3. The number of thioether (sulfide) groups is 1. The maximum atomic E-state index is 5.89. The molecule has 0 radical (unpaired) electrons. The van der Waals surface area contributed by atoms with Crippen molar-refractivity contribution in [2.75, 3.05) is 25.8 Å². The van der Waals surface area contributed by atoms with Gasteiger partial charge in [0.15, 0.2) is 0 Å². The van der Waals surface area contributed by atoms with Gasteiger partial charge in [-0.3, -0.25) is 0 Å². The second-order valence-electron chi connectivity index (χ2n) is 3.90. The van der Waals surface area contributed by atoms with Crippen LogP contribution in [0.3, 0.4) is 0 Å². The maximum absolute atomic E-state index is 5.89. The number of rotatable bonds is 4. The van der Waals surface area contributed by atoms with E-state index in [1.165, 1.54) is 25.8 Å². The highest BCUT2D eigenvalue weighted by atomic mass is 32.2. The first kappa shape index (κ1) is 8.85. The van der Waals surface area contributed by atoms with Crippen LogP contribution in [0.2, 0.25) is 0 Å². The Morgan fingerprint density at radius 2 is 2.33 bits per heavy atom. The van der Waals surface area contributed by atoms with Crippen LogP contribution in [-0.4, -0.2) is 42.3 Å². The van der Waals surface area contributed by atoms with Crippen LogP contribution in [0, 0.1) is 0 Å². The molecule has 3 heteroatoms. The second-order valence-corrected chi connectivity index (χ2v) is 4.71. The van der Waals surface area contributed by atoms with E-state index in [1.807, 2.05) is 0 Å². The summed E-state index contributed by atoms with van der Waals surface area (Å²) >= 11 is 1.78. The third-order valence-corrected chi connectivity index (χ3v) is 3.46. The zero-order chi connectivity index (χ0) is 8.60. The lowest BCUT2D eigenvalue weighted by Crippen LogP contribution is -2.54. The fourth-order valence-electron chi connectivity index (χ4n) is 2.05. The van der Waals surface area contributed by atoms with Gasteiger partial charge in [-0.2, -0.15) is 0 Å². The van der Waals surface area contributed by atoms with E-state index in [1.54, 1.807) is 11.8 Å². The van der Waals surface area contributed by atoms with E-state index < -0.39 is 0 Å². The fraction of sp³-hybridized carbons (Fsp3) is 1.00. The molecule has 70 valence electrons. The molecular formula is C9H17NOS. The summed E-state index contributed by atoms with van der Waals surface area (Å²) in [7, 11) is 2.21. The quantitative estimate of drug-likeness (QED) is 0.620. The van der Waals surface area contributed by atoms with Gasteiger partial charge in [0.1, 0.15) is 0 Å². The van der Waals surface area contributed by atoms with E-state index in [2.05, 4.69) is 18.2 Å². The third kappa shape index (κ3) is 1.38. The molecule has 1 saturated carbocycles. The van der Waals surface area contributed by atoms with E-state index in [9.17, 15) is 0 Å². The minimum Gasteiger partial charge on any atom is -0.363 e.